The third-order valence-electron chi connectivity index (χ3n) is 1.06. The van der Waals surface area contributed by atoms with E-state index in [1.54, 1.807) is 6.20 Å². The van der Waals surface area contributed by atoms with Crippen LogP contribution in [-0.2, 0) is 7.05 Å². The Morgan fingerprint density at radius 1 is 1.50 bits per heavy atom. The fraction of sp³-hybridized carbons (Fsp3) is 0.667. The molecule has 0 saturated carbocycles. The van der Waals surface area contributed by atoms with Gasteiger partial charge in [0.2, 0.25) is 0 Å². The highest BCUT2D eigenvalue weighted by molar-refractivity contribution is 4.85. The Hall–Kier alpha value is -0.830. The fourth-order valence-corrected chi connectivity index (χ4v) is 0.440. The van der Waals surface area contributed by atoms with Crippen molar-refractivity contribution in [3.63, 3.8) is 0 Å². The first kappa shape index (κ1) is 13.7. The van der Waals surface area contributed by atoms with Gasteiger partial charge in [0.15, 0.2) is 0 Å². The van der Waals surface area contributed by atoms with E-state index < -0.39 is 0 Å². The fourth-order valence-electron chi connectivity index (χ4n) is 0.440. The molecule has 0 bridgehead atoms. The molecule has 0 spiro atoms. The summed E-state index contributed by atoms with van der Waals surface area (Å²) in [7, 11) is 1.97. The molecule has 1 heterocycles. The number of nitrogens with zero attached hydrogens (tertiary/aromatic N) is 2. The molecule has 1 aromatic heterocycles. The van der Waals surface area contributed by atoms with Gasteiger partial charge in [0.1, 0.15) is 5.82 Å². The molecule has 0 aliphatic heterocycles. The van der Waals surface area contributed by atoms with Crippen molar-refractivity contribution in [3.05, 3.63) is 18.2 Å². The van der Waals surface area contributed by atoms with Crippen molar-refractivity contribution in [3.8, 4) is 0 Å². The zero-order chi connectivity index (χ0) is 9.98. The van der Waals surface area contributed by atoms with Gasteiger partial charge in [-0.25, -0.2) is 4.98 Å². The van der Waals surface area contributed by atoms with Crippen LogP contribution in [0, 0.1) is 6.92 Å². The molecule has 0 fully saturated rings. The summed E-state index contributed by atoms with van der Waals surface area (Å²) in [4.78, 5) is 3.98. The summed E-state index contributed by atoms with van der Waals surface area (Å²) in [5.41, 5.74) is 4.85. The topological polar surface area (TPSA) is 43.8 Å². The van der Waals surface area contributed by atoms with Crippen LogP contribution in [0.25, 0.3) is 0 Å². The highest BCUT2D eigenvalue weighted by atomic mass is 15.0. The van der Waals surface area contributed by atoms with E-state index in [0.29, 0.717) is 0 Å². The van der Waals surface area contributed by atoms with Gasteiger partial charge in [0.05, 0.1) is 0 Å². The van der Waals surface area contributed by atoms with E-state index in [9.17, 15) is 0 Å². The van der Waals surface area contributed by atoms with Crippen molar-refractivity contribution in [1.82, 2.24) is 9.55 Å². The quantitative estimate of drug-likeness (QED) is 0.646. The van der Waals surface area contributed by atoms with Crippen LogP contribution in [0.5, 0.6) is 0 Å². The molecule has 3 heteroatoms. The second-order valence-corrected chi connectivity index (χ2v) is 1.99. The summed E-state index contributed by atoms with van der Waals surface area (Å²) in [5.74, 6) is 1.06. The van der Waals surface area contributed by atoms with Crippen LogP contribution >= 0.6 is 0 Å². The first-order chi connectivity index (χ1) is 5.72. The molecule has 0 amide bonds. The molecule has 0 atom stereocenters. The highest BCUT2D eigenvalue weighted by Crippen LogP contribution is 1.86. The predicted molar refractivity (Wildman–Crippen MR) is 54.0 cm³/mol. The molecule has 0 unspecified atom stereocenters. The molecule has 0 aromatic carbocycles. The van der Waals surface area contributed by atoms with Gasteiger partial charge in [0.25, 0.3) is 0 Å². The summed E-state index contributed by atoms with van der Waals surface area (Å²) >= 11 is 0. The Labute approximate surface area is 75.6 Å². The average molecular weight is 171 g/mol. The van der Waals surface area contributed by atoms with Gasteiger partial charge in [-0.1, -0.05) is 20.8 Å². The molecule has 72 valence electrons. The number of aromatic nitrogens is 2. The molecule has 3 nitrogen and oxygen atoms in total. The van der Waals surface area contributed by atoms with E-state index >= 15 is 0 Å². The number of hydrogen-bond donors (Lipinski definition) is 1. The Morgan fingerprint density at radius 3 is 2.00 bits per heavy atom. The summed E-state index contributed by atoms with van der Waals surface area (Å²) < 4.78 is 1.97. The van der Waals surface area contributed by atoms with E-state index in [2.05, 4.69) is 4.98 Å². The average Bonchev–Trinajstić information content (AvgIpc) is 2.42. The lowest BCUT2D eigenvalue weighted by atomic mass is 10.7. The normalized spacial score (nSPS) is 7.50. The largest absolute Gasteiger partial charge is 0.338 e. The van der Waals surface area contributed by atoms with Crippen molar-refractivity contribution >= 4 is 0 Å². The van der Waals surface area contributed by atoms with E-state index in [1.165, 1.54) is 0 Å². The van der Waals surface area contributed by atoms with Crippen LogP contribution in [0.4, 0.5) is 0 Å². The van der Waals surface area contributed by atoms with Crippen molar-refractivity contribution in [2.75, 3.05) is 6.54 Å². The highest BCUT2D eigenvalue weighted by Gasteiger charge is 1.83. The smallest absolute Gasteiger partial charge is 0.105 e. The summed E-state index contributed by atoms with van der Waals surface area (Å²) in [5, 5.41) is 0. The minimum atomic E-state index is 0.750. The Morgan fingerprint density at radius 2 is 1.92 bits per heavy atom. The van der Waals surface area contributed by atoms with Gasteiger partial charge in [-0.2, -0.15) is 0 Å². The molecule has 2 N–H and O–H groups in total. The van der Waals surface area contributed by atoms with Crippen molar-refractivity contribution in [1.29, 1.82) is 0 Å². The van der Waals surface area contributed by atoms with Gasteiger partial charge >= 0.3 is 0 Å². The molecule has 12 heavy (non-hydrogen) atoms. The second kappa shape index (κ2) is 10.2. The third kappa shape index (κ3) is 7.28. The lowest BCUT2D eigenvalue weighted by molar-refractivity contribution is 0.858. The van der Waals surface area contributed by atoms with Crippen LogP contribution < -0.4 is 5.73 Å². The number of rotatable bonds is 0. The Kier molecular flexibility index (Phi) is 11.6. The molecular weight excluding hydrogens is 150 g/mol. The van der Waals surface area contributed by atoms with E-state index in [-0.39, 0.29) is 0 Å². The number of imidazole rings is 1. The van der Waals surface area contributed by atoms with Gasteiger partial charge in [0, 0.05) is 19.4 Å². The summed E-state index contributed by atoms with van der Waals surface area (Å²) in [6, 6.07) is 0. The lowest BCUT2D eigenvalue weighted by Gasteiger charge is -1.87. The molecule has 0 aliphatic rings. The molecule has 0 radical (unpaired) electrons. The SMILES string of the molecule is CC.CCN.Cc1nccn1C. The predicted octanol–water partition coefficient (Wildman–Crippen LogP) is 1.72. The van der Waals surface area contributed by atoms with Crippen LogP contribution in [0.2, 0.25) is 0 Å². The van der Waals surface area contributed by atoms with Crippen molar-refractivity contribution < 1.29 is 0 Å². The van der Waals surface area contributed by atoms with Gasteiger partial charge in [-0.05, 0) is 13.5 Å². The van der Waals surface area contributed by atoms with Crippen LogP contribution in [0.1, 0.15) is 26.6 Å². The third-order valence-corrected chi connectivity index (χ3v) is 1.06. The van der Waals surface area contributed by atoms with Crippen molar-refractivity contribution in [2.24, 2.45) is 12.8 Å². The minimum absolute atomic E-state index is 0.750. The maximum absolute atomic E-state index is 4.85. The zero-order valence-electron chi connectivity index (χ0n) is 8.83. The monoisotopic (exact) mass is 171 g/mol. The maximum Gasteiger partial charge on any atom is 0.105 e. The minimum Gasteiger partial charge on any atom is -0.338 e. The Balaban J connectivity index is 0. The van der Waals surface area contributed by atoms with Crippen LogP contribution in [0.15, 0.2) is 12.4 Å². The second-order valence-electron chi connectivity index (χ2n) is 1.99. The maximum atomic E-state index is 4.85. The standard InChI is InChI=1S/C5H8N2.C2H7N.C2H6/c1-5-6-3-4-7(5)2;1-2-3;1-2/h3-4H,1-2H3;2-3H2,1H3;1-2H3. The van der Waals surface area contributed by atoms with E-state index in [0.717, 1.165) is 12.4 Å². The lowest BCUT2D eigenvalue weighted by Crippen LogP contribution is -1.87. The molecule has 0 saturated heterocycles. The molecule has 0 aliphatic carbocycles. The number of hydrogen-bond acceptors (Lipinski definition) is 2. The van der Waals surface area contributed by atoms with Gasteiger partial charge in [-0.15, -0.1) is 0 Å². The van der Waals surface area contributed by atoms with E-state index in [1.807, 2.05) is 45.5 Å². The molecule has 1 aromatic rings. The van der Waals surface area contributed by atoms with Crippen molar-refractivity contribution in [2.45, 2.75) is 27.7 Å². The number of nitrogens with two attached hydrogens (primary N) is 1. The van der Waals surface area contributed by atoms with Crippen LogP contribution in [0.3, 0.4) is 0 Å². The first-order valence-electron chi connectivity index (χ1n) is 4.36. The first-order valence-corrected chi connectivity index (χ1v) is 4.36. The van der Waals surface area contributed by atoms with E-state index in [4.69, 9.17) is 5.73 Å². The zero-order valence-corrected chi connectivity index (χ0v) is 8.83. The number of aryl methyl sites for hydroxylation is 2. The van der Waals surface area contributed by atoms with Gasteiger partial charge < -0.3 is 10.3 Å². The Bertz CT molecular complexity index is 154. The van der Waals surface area contributed by atoms with Gasteiger partial charge in [-0.3, -0.25) is 0 Å². The van der Waals surface area contributed by atoms with Crippen LogP contribution in [-0.4, -0.2) is 16.1 Å². The molecular formula is C9H21N3. The summed E-state index contributed by atoms with van der Waals surface area (Å²) in [6.45, 7) is 8.62. The summed E-state index contributed by atoms with van der Waals surface area (Å²) in [6.07, 6.45) is 3.71. The molecule has 1 rings (SSSR count).